The molecule has 0 spiro atoms. The number of ketones is 2. The van der Waals surface area contributed by atoms with Crippen molar-refractivity contribution in [2.45, 2.75) is 94.3 Å². The highest BCUT2D eigenvalue weighted by molar-refractivity contribution is 6.37. The Kier molecular flexibility index (Phi) is 4.66. The second kappa shape index (κ2) is 6.63. The number of hydrogen-bond acceptors (Lipinski definition) is 6. The van der Waals surface area contributed by atoms with E-state index in [0.29, 0.717) is 32.1 Å². The molecule has 32 heavy (non-hydrogen) atoms. The van der Waals surface area contributed by atoms with Gasteiger partial charge in [-0.05, 0) is 51.5 Å². The summed E-state index contributed by atoms with van der Waals surface area (Å²) in [4.78, 5) is 36.5. The molecule has 176 valence electrons. The van der Waals surface area contributed by atoms with Gasteiger partial charge in [0.25, 0.3) is 5.78 Å². The molecule has 8 heteroatoms. The number of carbonyl (C=O) groups excluding carboxylic acids is 3. The molecule has 1 aliphatic heterocycles. The molecule has 6 nitrogen and oxygen atoms in total. The Morgan fingerprint density at radius 2 is 1.91 bits per heavy atom. The van der Waals surface area contributed by atoms with E-state index in [9.17, 15) is 14.4 Å². The van der Waals surface area contributed by atoms with E-state index in [2.05, 4.69) is 0 Å². The van der Waals surface area contributed by atoms with Gasteiger partial charge in [0, 0.05) is 23.2 Å². The number of carbonyl (C=O) groups is 3. The van der Waals surface area contributed by atoms with Gasteiger partial charge in [-0.2, -0.15) is 0 Å². The lowest BCUT2D eigenvalue weighted by Gasteiger charge is -2.69. The number of fused-ring (bicyclic) bond motifs is 3. The van der Waals surface area contributed by atoms with Crippen molar-refractivity contribution < 1.29 is 33.0 Å². The zero-order valence-corrected chi connectivity index (χ0v) is 19.7. The normalized spacial score (nSPS) is 51.8. The van der Waals surface area contributed by atoms with Crippen LogP contribution >= 0.6 is 11.6 Å². The van der Waals surface area contributed by atoms with Crippen molar-refractivity contribution in [1.29, 1.82) is 0 Å². The number of ether oxygens (including phenoxy) is 3. The SMILES string of the molecule is COC(=O)C(=O)[C@@]12CC[C@@]3(OC(C)O1)[C@@H]1CCC4=CC(=O)CC[C@]4(C)[C@@]1(Cl)[C@@H](F)C[C@]23C. The number of esters is 1. The Labute approximate surface area is 192 Å². The molecule has 1 heterocycles. The maximum atomic E-state index is 16.4. The topological polar surface area (TPSA) is 78.9 Å². The fourth-order valence-corrected chi connectivity index (χ4v) is 8.75. The molecule has 5 aliphatic rings. The predicted molar refractivity (Wildman–Crippen MR) is 113 cm³/mol. The summed E-state index contributed by atoms with van der Waals surface area (Å²) in [6.45, 7) is 5.49. The zero-order chi connectivity index (χ0) is 23.3. The van der Waals surface area contributed by atoms with Gasteiger partial charge in [-0.1, -0.05) is 19.4 Å². The van der Waals surface area contributed by atoms with Crippen molar-refractivity contribution in [1.82, 2.24) is 0 Å². The van der Waals surface area contributed by atoms with Gasteiger partial charge in [0.1, 0.15) is 11.8 Å². The van der Waals surface area contributed by atoms with Crippen LogP contribution in [0.3, 0.4) is 0 Å². The van der Waals surface area contributed by atoms with Crippen molar-refractivity contribution in [3.05, 3.63) is 11.6 Å². The van der Waals surface area contributed by atoms with Crippen LogP contribution in [-0.4, -0.2) is 53.2 Å². The number of rotatable bonds is 2. The van der Waals surface area contributed by atoms with E-state index < -0.39 is 57.0 Å². The van der Waals surface area contributed by atoms with Crippen LogP contribution < -0.4 is 0 Å². The number of alkyl halides is 2. The first-order valence-electron chi connectivity index (χ1n) is 11.5. The molecule has 4 aliphatic carbocycles. The molecule has 8 atom stereocenters. The van der Waals surface area contributed by atoms with Gasteiger partial charge in [0.15, 0.2) is 12.1 Å². The fraction of sp³-hybridized carbons (Fsp3) is 0.792. The van der Waals surface area contributed by atoms with Crippen molar-refractivity contribution in [3.63, 3.8) is 0 Å². The summed E-state index contributed by atoms with van der Waals surface area (Å²) in [6, 6.07) is 0. The summed E-state index contributed by atoms with van der Waals surface area (Å²) < 4.78 is 33.8. The summed E-state index contributed by atoms with van der Waals surface area (Å²) in [5.41, 5.74) is -3.29. The fourth-order valence-electron chi connectivity index (χ4n) is 8.17. The molecule has 0 aromatic carbocycles. The van der Waals surface area contributed by atoms with E-state index in [1.165, 1.54) is 0 Å². The second-order valence-electron chi connectivity index (χ2n) is 10.7. The van der Waals surface area contributed by atoms with Crippen LogP contribution in [0.5, 0.6) is 0 Å². The number of methoxy groups -OCH3 is 1. The van der Waals surface area contributed by atoms with Gasteiger partial charge in [0.2, 0.25) is 0 Å². The zero-order valence-electron chi connectivity index (χ0n) is 19.0. The molecule has 3 saturated carbocycles. The monoisotopic (exact) mass is 468 g/mol. The van der Waals surface area contributed by atoms with Crippen molar-refractivity contribution >= 4 is 29.1 Å². The van der Waals surface area contributed by atoms with Crippen LogP contribution in [0.2, 0.25) is 0 Å². The third-order valence-electron chi connectivity index (χ3n) is 9.73. The Morgan fingerprint density at radius 3 is 2.59 bits per heavy atom. The molecule has 1 unspecified atom stereocenters. The van der Waals surface area contributed by atoms with Crippen LogP contribution in [0.25, 0.3) is 0 Å². The molecule has 0 radical (unpaired) electrons. The first-order valence-corrected chi connectivity index (χ1v) is 11.8. The minimum Gasteiger partial charge on any atom is -0.463 e. The number of halogens is 2. The molecule has 5 rings (SSSR count). The number of hydrogen-bond donors (Lipinski definition) is 0. The van der Waals surface area contributed by atoms with E-state index in [4.69, 9.17) is 25.8 Å². The average Bonchev–Trinajstić information content (AvgIpc) is 2.87. The third kappa shape index (κ3) is 2.26. The van der Waals surface area contributed by atoms with Crippen LogP contribution in [0.15, 0.2) is 11.6 Å². The number of Topliss-reactive ketones (excluding diaryl/α,β-unsaturated/α-hetero) is 1. The summed E-state index contributed by atoms with van der Waals surface area (Å²) in [6.07, 6.45) is 2.05. The Bertz CT molecular complexity index is 951. The molecule has 0 N–H and O–H groups in total. The highest BCUT2D eigenvalue weighted by Crippen LogP contribution is 2.76. The standard InChI is InChI=1S/C24H30ClFO6/c1-13-31-22-9-10-23(32-13,18(28)19(29)30-4)21(22,3)12-17(26)24(25)16(22)6-5-14-11-15(27)7-8-20(14,24)2/h11,13,16-17H,5-10,12H2,1-4H3/t13?,16-,17-,20-,21-,22+,23+,24-/m0/s1. The van der Waals surface area contributed by atoms with Gasteiger partial charge >= 0.3 is 5.97 Å². The molecule has 0 amide bonds. The number of allylic oxidation sites excluding steroid dienone is 1. The lowest BCUT2D eigenvalue weighted by atomic mass is 9.43. The van der Waals surface area contributed by atoms with Gasteiger partial charge < -0.3 is 14.2 Å². The smallest absolute Gasteiger partial charge is 0.377 e. The van der Waals surface area contributed by atoms with Gasteiger partial charge in [0.05, 0.1) is 17.6 Å². The first-order chi connectivity index (χ1) is 14.9. The van der Waals surface area contributed by atoms with Gasteiger partial charge in [-0.15, -0.1) is 11.6 Å². The summed E-state index contributed by atoms with van der Waals surface area (Å²) in [5, 5.41) is 0. The third-order valence-corrected chi connectivity index (χ3v) is 10.6. The van der Waals surface area contributed by atoms with Gasteiger partial charge in [-0.3, -0.25) is 9.59 Å². The molecule has 0 aromatic heterocycles. The summed E-state index contributed by atoms with van der Waals surface area (Å²) in [5.74, 6) is -2.11. The lowest BCUT2D eigenvalue weighted by molar-refractivity contribution is -0.366. The van der Waals surface area contributed by atoms with Crippen molar-refractivity contribution in [3.8, 4) is 0 Å². The Hall–Kier alpha value is -1.31. The highest BCUT2D eigenvalue weighted by Gasteiger charge is 2.83. The maximum absolute atomic E-state index is 16.4. The second-order valence-corrected chi connectivity index (χ2v) is 11.3. The molecule has 0 aromatic rings. The van der Waals surface area contributed by atoms with E-state index in [0.717, 1.165) is 12.7 Å². The van der Waals surface area contributed by atoms with E-state index in [-0.39, 0.29) is 18.6 Å². The Morgan fingerprint density at radius 1 is 1.19 bits per heavy atom. The van der Waals surface area contributed by atoms with Crippen LogP contribution in [-0.2, 0) is 28.6 Å². The van der Waals surface area contributed by atoms with E-state index in [1.807, 2.05) is 13.8 Å². The minimum atomic E-state index is -1.51. The van der Waals surface area contributed by atoms with Crippen molar-refractivity contribution in [2.75, 3.05) is 7.11 Å². The van der Waals surface area contributed by atoms with Crippen LogP contribution in [0, 0.1) is 16.7 Å². The lowest BCUT2D eigenvalue weighted by Crippen LogP contribution is -2.78. The molecule has 4 fully saturated rings. The average molecular weight is 469 g/mol. The Balaban J connectivity index is 1.69. The van der Waals surface area contributed by atoms with E-state index >= 15 is 4.39 Å². The minimum absolute atomic E-state index is 0.0601. The molecular weight excluding hydrogens is 439 g/mol. The molecular formula is C24H30ClFO6. The first kappa shape index (κ1) is 22.5. The summed E-state index contributed by atoms with van der Waals surface area (Å²) >= 11 is 7.40. The van der Waals surface area contributed by atoms with E-state index in [1.54, 1.807) is 13.0 Å². The largest absolute Gasteiger partial charge is 0.463 e. The molecule has 2 bridgehead atoms. The predicted octanol–water partition coefficient (Wildman–Crippen LogP) is 3.82. The van der Waals surface area contributed by atoms with Crippen molar-refractivity contribution in [2.24, 2.45) is 16.7 Å². The van der Waals surface area contributed by atoms with Crippen LogP contribution in [0.1, 0.15) is 65.7 Å². The van der Waals surface area contributed by atoms with Gasteiger partial charge in [-0.25, -0.2) is 9.18 Å². The maximum Gasteiger partial charge on any atom is 0.377 e. The molecule has 1 saturated heterocycles. The van der Waals surface area contributed by atoms with Crippen LogP contribution in [0.4, 0.5) is 4.39 Å². The quantitative estimate of drug-likeness (QED) is 0.348. The summed E-state index contributed by atoms with van der Waals surface area (Å²) in [7, 11) is 1.16. The highest BCUT2D eigenvalue weighted by atomic mass is 35.5.